The fraction of sp³-hybridized carbons (Fsp3) is 0.433. The van der Waals surface area contributed by atoms with Crippen LogP contribution in [0, 0.1) is 11.8 Å². The smallest absolute Gasteiger partial charge is 0.291 e. The Morgan fingerprint density at radius 3 is 2.32 bits per heavy atom. The van der Waals surface area contributed by atoms with E-state index in [0.29, 0.717) is 35.2 Å². The van der Waals surface area contributed by atoms with Crippen LogP contribution in [0.3, 0.4) is 0 Å². The summed E-state index contributed by atoms with van der Waals surface area (Å²) in [6.45, 7) is 3.77. The minimum Gasteiger partial charge on any atom is -0.291 e. The van der Waals surface area contributed by atoms with E-state index in [1.807, 2.05) is 50.2 Å². The van der Waals surface area contributed by atoms with Crippen molar-refractivity contribution in [2.45, 2.75) is 71.5 Å². The van der Waals surface area contributed by atoms with E-state index in [9.17, 15) is 22.8 Å². The number of hydrogen-bond donors (Lipinski definition) is 1. The van der Waals surface area contributed by atoms with Gasteiger partial charge in [-0.2, -0.15) is 18.4 Å². The molecule has 1 fully saturated rings. The number of carbonyl (C=O) groups excluding carboxylic acids is 1. The van der Waals surface area contributed by atoms with Gasteiger partial charge in [-0.3, -0.25) is 9.36 Å². The van der Waals surface area contributed by atoms with Crippen molar-refractivity contribution in [3.8, 4) is 22.5 Å². The molecule has 0 radical (unpaired) electrons. The highest BCUT2D eigenvalue weighted by Crippen LogP contribution is 2.35. The first-order chi connectivity index (χ1) is 19.6. The summed E-state index contributed by atoms with van der Waals surface area (Å²) in [6, 6.07) is 14.8. The number of imidazole rings is 1. The van der Waals surface area contributed by atoms with Gasteiger partial charge in [0.25, 0.3) is 0 Å². The van der Waals surface area contributed by atoms with Gasteiger partial charge in [0, 0.05) is 11.5 Å². The van der Waals surface area contributed by atoms with Crippen molar-refractivity contribution in [3.05, 3.63) is 76.0 Å². The van der Waals surface area contributed by atoms with Gasteiger partial charge in [0.15, 0.2) is 5.69 Å². The molecule has 0 unspecified atom stereocenters. The molecule has 1 aliphatic carbocycles. The third-order valence-corrected chi connectivity index (χ3v) is 7.77. The molecule has 4 aromatic rings. The highest BCUT2D eigenvalue weighted by atomic mass is 19.4. The third kappa shape index (κ3) is 6.03. The number of nitrogens with one attached hydrogen (secondary N) is 1. The predicted octanol–water partition coefficient (Wildman–Crippen LogP) is 6.37. The van der Waals surface area contributed by atoms with Crippen LogP contribution in [0.2, 0.25) is 0 Å². The second kappa shape index (κ2) is 11.8. The van der Waals surface area contributed by atoms with E-state index >= 15 is 0 Å². The van der Waals surface area contributed by atoms with E-state index in [2.05, 4.69) is 20.6 Å². The normalized spacial score (nSPS) is 14.6. The Labute approximate surface area is 235 Å². The Hall–Kier alpha value is -4.02. The maximum absolute atomic E-state index is 14.5. The first kappa shape index (κ1) is 28.5. The van der Waals surface area contributed by atoms with Gasteiger partial charge in [-0.15, -0.1) is 10.2 Å². The van der Waals surface area contributed by atoms with Crippen molar-refractivity contribution < 1.29 is 18.0 Å². The number of H-pyrrole nitrogens is 1. The number of carbonyl (C=O) groups is 1. The Morgan fingerprint density at radius 1 is 1.02 bits per heavy atom. The van der Waals surface area contributed by atoms with E-state index in [-0.39, 0.29) is 24.6 Å². The summed E-state index contributed by atoms with van der Waals surface area (Å²) in [5, 5.41) is 14.2. The van der Waals surface area contributed by atoms with Gasteiger partial charge >= 0.3 is 11.9 Å². The van der Waals surface area contributed by atoms with Gasteiger partial charge in [0.1, 0.15) is 0 Å². The molecule has 2 aromatic carbocycles. The number of hydrogen-bond acceptors (Lipinski definition) is 5. The number of nitrogens with zero attached hydrogens (tertiary/aromatic N) is 5. The summed E-state index contributed by atoms with van der Waals surface area (Å²) in [5.41, 5.74) is 0.958. The predicted molar refractivity (Wildman–Crippen MR) is 148 cm³/mol. The minimum absolute atomic E-state index is 0.0445. The van der Waals surface area contributed by atoms with Crippen LogP contribution >= 0.6 is 0 Å². The molecular formula is C30H33F3N6O2. The van der Waals surface area contributed by atoms with Crippen LogP contribution in [0.5, 0.6) is 0 Å². The van der Waals surface area contributed by atoms with Gasteiger partial charge < -0.3 is 0 Å². The topological polar surface area (TPSA) is 98.5 Å². The largest absolute Gasteiger partial charge is 0.433 e. The lowest BCUT2D eigenvalue weighted by Gasteiger charge is -2.21. The van der Waals surface area contributed by atoms with Crippen LogP contribution in [0.15, 0.2) is 53.3 Å². The lowest BCUT2D eigenvalue weighted by atomic mass is 9.88. The molecule has 0 spiro atoms. The van der Waals surface area contributed by atoms with Crippen molar-refractivity contribution in [1.29, 1.82) is 0 Å². The molecule has 5 rings (SSSR count). The van der Waals surface area contributed by atoms with E-state index in [1.165, 1.54) is 0 Å². The van der Waals surface area contributed by atoms with Crippen molar-refractivity contribution in [1.82, 2.24) is 29.8 Å². The number of aromatic nitrogens is 6. The maximum Gasteiger partial charge on any atom is 0.433 e. The van der Waals surface area contributed by atoms with E-state index in [1.54, 1.807) is 12.1 Å². The molecule has 11 heteroatoms. The molecular weight excluding hydrogens is 533 g/mol. The summed E-state index contributed by atoms with van der Waals surface area (Å²) in [6.07, 6.45) is -0.849. The molecule has 0 aliphatic heterocycles. The summed E-state index contributed by atoms with van der Waals surface area (Å²) in [5.74, 6) is -0.750. The molecule has 41 heavy (non-hydrogen) atoms. The van der Waals surface area contributed by atoms with E-state index in [0.717, 1.165) is 40.5 Å². The van der Waals surface area contributed by atoms with Crippen molar-refractivity contribution in [3.63, 3.8) is 0 Å². The molecule has 1 saturated carbocycles. The summed E-state index contributed by atoms with van der Waals surface area (Å²) in [7, 11) is 0. The molecule has 0 saturated heterocycles. The molecule has 2 aromatic heterocycles. The second-order valence-corrected chi connectivity index (χ2v) is 11.1. The molecule has 0 bridgehead atoms. The standard InChI is InChI=1S/C30H33F3N6O2/c1-19(2)12-17-25-26(30(31,32)33)39(28(40)22-8-4-3-5-9-22)29(41)38(25)18-20-13-15-21(16-14-20)23-10-6-7-11-24(23)27-34-36-37-35-27/h6-7,10-11,13-16,19,22H,3-5,8-9,12,17-18H2,1-2H3,(H,34,35,36,37). The summed E-state index contributed by atoms with van der Waals surface area (Å²) in [4.78, 5) is 27.0. The Kier molecular flexibility index (Phi) is 8.23. The van der Waals surface area contributed by atoms with Gasteiger partial charge in [0.2, 0.25) is 11.7 Å². The SMILES string of the molecule is CC(C)CCc1c(C(F)(F)F)n(C(=O)C2CCCCC2)c(=O)n1Cc1ccc(-c2ccccc2-c2nn[nH]n2)cc1. The van der Waals surface area contributed by atoms with Gasteiger partial charge in [-0.1, -0.05) is 81.6 Å². The molecule has 2 heterocycles. The Bertz CT molecular complexity index is 1550. The zero-order valence-electron chi connectivity index (χ0n) is 23.1. The summed E-state index contributed by atoms with van der Waals surface area (Å²) < 4.78 is 45.2. The number of aromatic amines is 1. The average Bonchev–Trinajstić information content (AvgIpc) is 3.59. The molecule has 1 aliphatic rings. The van der Waals surface area contributed by atoms with Crippen LogP contribution in [-0.4, -0.2) is 35.7 Å². The van der Waals surface area contributed by atoms with Gasteiger partial charge in [0.05, 0.1) is 12.2 Å². The number of rotatable bonds is 8. The highest BCUT2D eigenvalue weighted by Gasteiger charge is 2.43. The van der Waals surface area contributed by atoms with Gasteiger partial charge in [-0.25, -0.2) is 9.36 Å². The van der Waals surface area contributed by atoms with Crippen molar-refractivity contribution in [2.24, 2.45) is 11.8 Å². The lowest BCUT2D eigenvalue weighted by Crippen LogP contribution is -2.36. The number of benzene rings is 2. The van der Waals surface area contributed by atoms with Crippen LogP contribution in [0.1, 0.15) is 74.1 Å². The summed E-state index contributed by atoms with van der Waals surface area (Å²) >= 11 is 0. The lowest BCUT2D eigenvalue weighted by molar-refractivity contribution is -0.143. The minimum atomic E-state index is -4.84. The maximum atomic E-state index is 14.5. The highest BCUT2D eigenvalue weighted by molar-refractivity contribution is 5.82. The van der Waals surface area contributed by atoms with E-state index < -0.39 is 29.4 Å². The van der Waals surface area contributed by atoms with Crippen LogP contribution in [0.4, 0.5) is 13.2 Å². The quantitative estimate of drug-likeness (QED) is 0.267. The zero-order chi connectivity index (χ0) is 29.1. The Balaban J connectivity index is 1.54. The van der Waals surface area contributed by atoms with Crippen LogP contribution in [-0.2, 0) is 19.1 Å². The van der Waals surface area contributed by atoms with Gasteiger partial charge in [-0.05, 0) is 53.5 Å². The van der Waals surface area contributed by atoms with Crippen molar-refractivity contribution >= 4 is 5.91 Å². The van der Waals surface area contributed by atoms with Crippen LogP contribution in [0.25, 0.3) is 22.5 Å². The number of alkyl halides is 3. The second-order valence-electron chi connectivity index (χ2n) is 11.1. The molecule has 8 nitrogen and oxygen atoms in total. The fourth-order valence-electron chi connectivity index (χ4n) is 5.64. The van der Waals surface area contributed by atoms with E-state index in [4.69, 9.17) is 0 Å². The number of tetrazole rings is 1. The van der Waals surface area contributed by atoms with Crippen LogP contribution < -0.4 is 5.69 Å². The molecule has 1 N–H and O–H groups in total. The molecule has 0 atom stereocenters. The zero-order valence-corrected chi connectivity index (χ0v) is 23.1. The fourth-order valence-corrected chi connectivity index (χ4v) is 5.64. The Morgan fingerprint density at radius 2 is 1.71 bits per heavy atom. The first-order valence-electron chi connectivity index (χ1n) is 14.0. The first-order valence-corrected chi connectivity index (χ1v) is 14.0. The monoisotopic (exact) mass is 566 g/mol. The molecule has 216 valence electrons. The average molecular weight is 567 g/mol. The van der Waals surface area contributed by atoms with Crippen molar-refractivity contribution in [2.75, 3.05) is 0 Å². The molecule has 0 amide bonds. The third-order valence-electron chi connectivity index (χ3n) is 7.77. The number of halogens is 3.